The second-order valence-electron chi connectivity index (χ2n) is 13.6. The zero-order chi connectivity index (χ0) is 30.3. The summed E-state index contributed by atoms with van der Waals surface area (Å²) in [5.74, 6) is 0.510. The van der Waals surface area contributed by atoms with Crippen LogP contribution >= 0.6 is 0 Å². The predicted octanol–water partition coefficient (Wildman–Crippen LogP) is 9.63. The molecule has 2 nitrogen and oxygen atoms in total. The first-order valence-electron chi connectivity index (χ1n) is 16.2. The minimum atomic E-state index is 0.0979. The second kappa shape index (κ2) is 9.71. The van der Waals surface area contributed by atoms with Crippen molar-refractivity contribution >= 4 is 56.0 Å². The molecule has 6 aromatic carbocycles. The van der Waals surface area contributed by atoms with Crippen LogP contribution in [-0.2, 0) is 5.41 Å². The Labute approximate surface area is 264 Å². The third-order valence-electron chi connectivity index (χ3n) is 10.1. The van der Waals surface area contributed by atoms with Crippen molar-refractivity contribution in [1.29, 1.82) is 0 Å². The molecule has 2 aliphatic rings. The average Bonchev–Trinajstić information content (AvgIpc) is 3.52. The Morgan fingerprint density at radius 1 is 0.667 bits per heavy atom. The first kappa shape index (κ1) is 26.3. The Balaban J connectivity index is 1.24. The Morgan fingerprint density at radius 3 is 2.29 bits per heavy atom. The lowest BCUT2D eigenvalue weighted by Crippen LogP contribution is -2.31. The van der Waals surface area contributed by atoms with Crippen LogP contribution in [0, 0.1) is 5.92 Å². The second-order valence-corrected chi connectivity index (χ2v) is 13.6. The molecule has 218 valence electrons. The van der Waals surface area contributed by atoms with E-state index in [1.54, 1.807) is 0 Å². The molecule has 0 fully saturated rings. The van der Waals surface area contributed by atoms with Gasteiger partial charge in [0.05, 0.1) is 10.9 Å². The van der Waals surface area contributed by atoms with E-state index in [0.29, 0.717) is 5.92 Å². The van der Waals surface area contributed by atoms with E-state index >= 15 is 0 Å². The van der Waals surface area contributed by atoms with Gasteiger partial charge in [0, 0.05) is 45.0 Å². The van der Waals surface area contributed by atoms with E-state index in [4.69, 9.17) is 0 Å². The van der Waals surface area contributed by atoms with Crippen molar-refractivity contribution in [1.82, 2.24) is 4.57 Å². The van der Waals surface area contributed by atoms with E-state index in [1.807, 2.05) is 0 Å². The van der Waals surface area contributed by atoms with Gasteiger partial charge in [-0.25, -0.2) is 0 Å². The van der Waals surface area contributed by atoms with Crippen molar-refractivity contribution in [3.63, 3.8) is 0 Å². The fourth-order valence-corrected chi connectivity index (χ4v) is 7.96. The molecular formula is C43H36N2. The van der Waals surface area contributed by atoms with Crippen LogP contribution in [0.5, 0.6) is 0 Å². The molecule has 1 aromatic heterocycles. The predicted molar refractivity (Wildman–Crippen MR) is 192 cm³/mol. The van der Waals surface area contributed by atoms with Gasteiger partial charge in [-0.3, -0.25) is 0 Å². The van der Waals surface area contributed by atoms with E-state index in [9.17, 15) is 0 Å². The van der Waals surface area contributed by atoms with Crippen LogP contribution in [0.3, 0.4) is 0 Å². The summed E-state index contributed by atoms with van der Waals surface area (Å²) < 4.78 is 2.49. The van der Waals surface area contributed by atoms with E-state index in [1.165, 1.54) is 76.8 Å². The smallest absolute Gasteiger partial charge is 0.0547 e. The highest BCUT2D eigenvalue weighted by molar-refractivity contribution is 6.05. The Morgan fingerprint density at radius 2 is 1.42 bits per heavy atom. The lowest BCUT2D eigenvalue weighted by Gasteiger charge is -2.25. The maximum Gasteiger partial charge on any atom is 0.0547 e. The first-order valence-corrected chi connectivity index (χ1v) is 16.2. The number of benzene rings is 6. The lowest BCUT2D eigenvalue weighted by molar-refractivity contribution is 0.569. The van der Waals surface area contributed by atoms with Gasteiger partial charge in [-0.05, 0) is 81.6 Å². The van der Waals surface area contributed by atoms with E-state index < -0.39 is 0 Å². The van der Waals surface area contributed by atoms with Gasteiger partial charge >= 0.3 is 0 Å². The maximum atomic E-state index is 2.52. The molecule has 0 spiro atoms. The van der Waals surface area contributed by atoms with Crippen molar-refractivity contribution in [3.05, 3.63) is 137 Å². The summed E-state index contributed by atoms with van der Waals surface area (Å²) in [4.78, 5) is 2.52. The topological polar surface area (TPSA) is 8.17 Å². The van der Waals surface area contributed by atoms with Gasteiger partial charge in [-0.15, -0.1) is 0 Å². The van der Waals surface area contributed by atoms with Crippen molar-refractivity contribution in [3.8, 4) is 16.8 Å². The Kier molecular flexibility index (Phi) is 5.68. The monoisotopic (exact) mass is 580 g/mol. The van der Waals surface area contributed by atoms with Gasteiger partial charge in [-0.1, -0.05) is 118 Å². The zero-order valence-corrected chi connectivity index (χ0v) is 26.1. The number of nitrogens with zero attached hydrogens (tertiary/aromatic N) is 2. The third kappa shape index (κ3) is 4.02. The normalized spacial score (nSPS) is 16.9. The lowest BCUT2D eigenvalue weighted by atomic mass is 9.87. The summed E-state index contributed by atoms with van der Waals surface area (Å²) in [6.45, 7) is 8.01. The molecule has 0 saturated heterocycles. The highest BCUT2D eigenvalue weighted by Crippen LogP contribution is 2.47. The minimum Gasteiger partial charge on any atom is -0.340 e. The summed E-state index contributed by atoms with van der Waals surface area (Å²) in [7, 11) is 0. The first-order chi connectivity index (χ1) is 22.0. The van der Waals surface area contributed by atoms with Crippen LogP contribution in [0.4, 0.5) is 11.4 Å². The fourth-order valence-electron chi connectivity index (χ4n) is 7.96. The van der Waals surface area contributed by atoms with Crippen LogP contribution in [0.15, 0.2) is 121 Å². The molecule has 0 radical (unpaired) electrons. The molecule has 0 bridgehead atoms. The van der Waals surface area contributed by atoms with Crippen molar-refractivity contribution < 1.29 is 0 Å². The quantitative estimate of drug-likeness (QED) is 0.202. The van der Waals surface area contributed by atoms with Gasteiger partial charge in [0.25, 0.3) is 0 Å². The van der Waals surface area contributed by atoms with Gasteiger partial charge < -0.3 is 9.47 Å². The highest BCUT2D eigenvalue weighted by atomic mass is 15.2. The number of fused-ring (bicyclic) bond motifs is 6. The molecule has 2 heterocycles. The van der Waals surface area contributed by atoms with Crippen LogP contribution in [-0.4, -0.2) is 11.1 Å². The summed E-state index contributed by atoms with van der Waals surface area (Å²) in [6.07, 6.45) is 5.99. The molecule has 45 heavy (non-hydrogen) atoms. The van der Waals surface area contributed by atoms with Crippen molar-refractivity contribution in [2.75, 3.05) is 11.4 Å². The molecule has 0 amide bonds. The molecule has 0 saturated carbocycles. The van der Waals surface area contributed by atoms with Gasteiger partial charge in [0.15, 0.2) is 0 Å². The standard InChI is InChI=1S/C43H36N2/c1-28-19-20-36-37-25-29-11-4-5-12-30(29)26-42(37)45(41(36)23-28)32-14-10-13-31(24-32)33-21-22-39(35-16-7-6-15-34(33)35)44-27-43(2,3)38-17-8-9-18-40(38)44/h4-18,20-26,28H,19,27H2,1-3H3. The molecule has 1 atom stereocenters. The molecule has 1 unspecified atom stereocenters. The molecule has 9 rings (SSSR count). The number of aromatic nitrogens is 1. The highest BCUT2D eigenvalue weighted by Gasteiger charge is 2.36. The van der Waals surface area contributed by atoms with Gasteiger partial charge in [-0.2, -0.15) is 0 Å². The fraction of sp³-hybridized carbons (Fsp3) is 0.163. The number of rotatable bonds is 3. The van der Waals surface area contributed by atoms with E-state index in [-0.39, 0.29) is 5.41 Å². The average molecular weight is 581 g/mol. The SMILES string of the molecule is CC1C=c2c(c3cc4ccccc4cc3n2-c2cccc(-c3ccc(N4CC(C)(C)c5ccccc54)c4ccccc34)c2)=CC1. The number of hydrogen-bond acceptors (Lipinski definition) is 1. The molecule has 0 N–H and O–H groups in total. The Bertz CT molecular complexity index is 2440. The molecular weight excluding hydrogens is 544 g/mol. The van der Waals surface area contributed by atoms with E-state index in [0.717, 1.165) is 13.0 Å². The largest absolute Gasteiger partial charge is 0.340 e. The Hall–Kier alpha value is -5.08. The maximum absolute atomic E-state index is 2.52. The number of para-hydroxylation sites is 1. The molecule has 7 aromatic rings. The molecule has 1 aliphatic heterocycles. The molecule has 2 heteroatoms. The van der Waals surface area contributed by atoms with Gasteiger partial charge in [0.1, 0.15) is 0 Å². The number of anilines is 2. The van der Waals surface area contributed by atoms with Crippen LogP contribution < -0.4 is 15.5 Å². The zero-order valence-electron chi connectivity index (χ0n) is 26.1. The minimum absolute atomic E-state index is 0.0979. The van der Waals surface area contributed by atoms with Crippen molar-refractivity contribution in [2.24, 2.45) is 5.92 Å². The van der Waals surface area contributed by atoms with Crippen LogP contribution in [0.25, 0.3) is 61.4 Å². The van der Waals surface area contributed by atoms with Crippen LogP contribution in [0.1, 0.15) is 32.8 Å². The summed E-state index contributed by atoms with van der Waals surface area (Å²) in [5, 5.41) is 9.16. The number of hydrogen-bond donors (Lipinski definition) is 0. The summed E-state index contributed by atoms with van der Waals surface area (Å²) in [6, 6.07) is 45.1. The van der Waals surface area contributed by atoms with Crippen LogP contribution in [0.2, 0.25) is 0 Å². The van der Waals surface area contributed by atoms with Gasteiger partial charge in [0.2, 0.25) is 0 Å². The third-order valence-corrected chi connectivity index (χ3v) is 10.1. The molecule has 1 aliphatic carbocycles. The van der Waals surface area contributed by atoms with Crippen molar-refractivity contribution in [2.45, 2.75) is 32.6 Å². The summed E-state index contributed by atoms with van der Waals surface area (Å²) in [5.41, 5.74) is 9.10. The van der Waals surface area contributed by atoms with E-state index in [2.05, 4.69) is 164 Å². The summed E-state index contributed by atoms with van der Waals surface area (Å²) >= 11 is 0.